The fourth-order valence-electron chi connectivity index (χ4n) is 7.84. The van der Waals surface area contributed by atoms with Gasteiger partial charge in [0.05, 0.1) is 32.7 Å². The minimum absolute atomic E-state index is 0.106. The Labute approximate surface area is 288 Å². The average Bonchev–Trinajstić information content (AvgIpc) is 2.77. The normalized spacial score (nSPS) is 26.0. The van der Waals surface area contributed by atoms with Crippen LogP contribution in [0.1, 0.15) is 131 Å². The van der Waals surface area contributed by atoms with Crippen molar-refractivity contribution in [3.05, 3.63) is 54.5 Å². The molecule has 0 heterocycles. The van der Waals surface area contributed by atoms with Gasteiger partial charge in [0.1, 0.15) is 10.3 Å². The van der Waals surface area contributed by atoms with E-state index in [1.807, 2.05) is 0 Å². The van der Waals surface area contributed by atoms with Gasteiger partial charge in [-0.1, -0.05) is 48.8 Å². The van der Waals surface area contributed by atoms with Crippen molar-refractivity contribution in [2.24, 2.45) is 11.5 Å². The SMILES string of the molecule is CC1=CC(N)C(C)([PH+](C(C)(C)C)C(C)(C)C)C=C1.CC1=CC(N)C(C)([PH+](C(C)(C)C)C(C)(C)C)C=C1.[CH2-]CCC.[Cl][Pd][Cl]. The van der Waals surface area contributed by atoms with Crippen LogP contribution in [0.4, 0.5) is 0 Å². The van der Waals surface area contributed by atoms with Crippen molar-refractivity contribution < 1.29 is 15.9 Å². The van der Waals surface area contributed by atoms with Crippen molar-refractivity contribution in [1.29, 1.82) is 0 Å². The zero-order valence-corrected chi connectivity index (χ0v) is 36.0. The fraction of sp³-hybridized carbons (Fsp3) is 0.750. The molecule has 0 aromatic heterocycles. The Hall–Kier alpha value is 0.982. The van der Waals surface area contributed by atoms with Crippen LogP contribution in [-0.4, -0.2) is 43.0 Å². The van der Waals surface area contributed by atoms with Gasteiger partial charge in [0.25, 0.3) is 0 Å². The van der Waals surface area contributed by atoms with Crippen LogP contribution in [0.3, 0.4) is 0 Å². The van der Waals surface area contributed by atoms with E-state index in [0.29, 0.717) is 20.6 Å². The Morgan fingerprint density at radius 1 is 0.698 bits per heavy atom. The predicted molar refractivity (Wildman–Crippen MR) is 206 cm³/mol. The van der Waals surface area contributed by atoms with E-state index in [0.717, 1.165) is 6.42 Å². The third-order valence-electron chi connectivity index (χ3n) is 8.09. The molecule has 0 saturated heterocycles. The van der Waals surface area contributed by atoms with Crippen LogP contribution in [0.5, 0.6) is 0 Å². The molecule has 0 saturated carbocycles. The topological polar surface area (TPSA) is 52.0 Å². The summed E-state index contributed by atoms with van der Waals surface area (Å²) >= 11 is -0.106. The summed E-state index contributed by atoms with van der Waals surface area (Å²) < 4.78 is 0. The van der Waals surface area contributed by atoms with Crippen LogP contribution < -0.4 is 11.5 Å². The Morgan fingerprint density at radius 3 is 1.05 bits per heavy atom. The van der Waals surface area contributed by atoms with Crippen LogP contribution in [-0.2, 0) is 15.9 Å². The third-order valence-corrected chi connectivity index (χ3v) is 17.2. The first-order valence-corrected chi connectivity index (χ1v) is 22.8. The second kappa shape index (κ2) is 18.5. The number of halogens is 2. The molecule has 4 atom stereocenters. The van der Waals surface area contributed by atoms with E-state index in [9.17, 15) is 0 Å². The van der Waals surface area contributed by atoms with Crippen LogP contribution >= 0.6 is 34.9 Å². The first-order valence-electron chi connectivity index (χ1n) is 15.8. The van der Waals surface area contributed by atoms with E-state index >= 15 is 0 Å². The fourth-order valence-corrected chi connectivity index (χ4v) is 20.1. The molecule has 0 aromatic rings. The van der Waals surface area contributed by atoms with Gasteiger partial charge in [-0.2, -0.15) is 6.42 Å². The molecule has 2 aliphatic carbocycles. The molecule has 258 valence electrons. The molecule has 4 unspecified atom stereocenters. The van der Waals surface area contributed by atoms with Crippen molar-refractivity contribution in [3.63, 3.8) is 0 Å². The Balaban J connectivity index is 0. The van der Waals surface area contributed by atoms with Crippen molar-refractivity contribution in [3.8, 4) is 0 Å². The van der Waals surface area contributed by atoms with Gasteiger partial charge in [-0.05, 0) is 123 Å². The number of unbranched alkanes of at least 4 members (excludes halogenated alkanes) is 1. The minimum atomic E-state index is -0.703. The first-order chi connectivity index (χ1) is 19.1. The molecule has 2 nitrogen and oxygen atoms in total. The van der Waals surface area contributed by atoms with E-state index in [1.165, 1.54) is 17.6 Å². The third kappa shape index (κ3) is 14.7. The van der Waals surface area contributed by atoms with Gasteiger partial charge in [0, 0.05) is 15.8 Å². The number of nitrogens with two attached hydrogens (primary N) is 2. The number of hydrogen-bond donors (Lipinski definition) is 2. The van der Waals surface area contributed by atoms with Crippen molar-refractivity contribution in [1.82, 2.24) is 0 Å². The van der Waals surface area contributed by atoms with Gasteiger partial charge in [-0.15, -0.1) is 0 Å². The quantitative estimate of drug-likeness (QED) is 0.171. The van der Waals surface area contributed by atoms with E-state index in [1.54, 1.807) is 0 Å². The Morgan fingerprint density at radius 2 is 0.907 bits per heavy atom. The van der Waals surface area contributed by atoms with Gasteiger partial charge in [-0.25, -0.2) is 0 Å². The summed E-state index contributed by atoms with van der Waals surface area (Å²) in [6.07, 6.45) is 16.0. The van der Waals surface area contributed by atoms with Gasteiger partial charge >= 0.3 is 35.0 Å². The molecule has 0 spiro atoms. The van der Waals surface area contributed by atoms with Gasteiger partial charge in [-0.3, -0.25) is 0 Å². The molecule has 2 aliphatic rings. The molecule has 0 aliphatic heterocycles. The molecule has 0 fully saturated rings. The summed E-state index contributed by atoms with van der Waals surface area (Å²) in [4.78, 5) is 0. The first kappa shape index (κ1) is 46.1. The van der Waals surface area contributed by atoms with Crippen LogP contribution in [0.15, 0.2) is 47.6 Å². The molecule has 2 rings (SSSR count). The zero-order valence-electron chi connectivity index (χ0n) is 31.0. The molecule has 0 aromatic carbocycles. The zero-order chi connectivity index (χ0) is 34.8. The Bertz CT molecular complexity index is 844. The molecule has 43 heavy (non-hydrogen) atoms. The molecule has 4 N–H and O–H groups in total. The van der Waals surface area contributed by atoms with Crippen molar-refractivity contribution in [2.45, 2.75) is 174 Å². The number of rotatable bonds is 3. The van der Waals surface area contributed by atoms with Gasteiger partial charge in [0.2, 0.25) is 0 Å². The van der Waals surface area contributed by atoms with Gasteiger partial charge in [0.15, 0.2) is 0 Å². The average molecular weight is 771 g/mol. The maximum absolute atomic E-state index is 6.50. The summed E-state index contributed by atoms with van der Waals surface area (Å²) in [6, 6.07) is 0.296. The Kier molecular flexibility index (Phi) is 19.8. The summed E-state index contributed by atoms with van der Waals surface area (Å²) in [5.41, 5.74) is 15.6. The number of allylic oxidation sites excluding steroid dienone is 4. The van der Waals surface area contributed by atoms with E-state index in [4.69, 9.17) is 30.5 Å². The molecule has 7 heteroatoms. The van der Waals surface area contributed by atoms with E-state index < -0.39 is 15.8 Å². The molecular formula is C36H71Cl2N2P2Pd+. The standard InChI is InChI=1S/2C16H30NP.C4H9.2ClH.Pd/c2*1-12-9-10-16(8,13(17)11-12)18(14(2,3)4)15(5,6)7;1-3-4-2;;;/h2*9-11,13H,17H2,1-8H3;1,3-4H2,2H3;2*1H;/q;;-1;;;+2. The number of hydrogen-bond acceptors (Lipinski definition) is 2. The summed E-state index contributed by atoms with van der Waals surface area (Å²) in [5.74, 6) is 0. The van der Waals surface area contributed by atoms with E-state index in [2.05, 4.69) is 161 Å². The predicted octanol–water partition coefficient (Wildman–Crippen LogP) is 11.8. The van der Waals surface area contributed by atoms with Crippen LogP contribution in [0.25, 0.3) is 0 Å². The molecule has 0 radical (unpaired) electrons. The second-order valence-corrected chi connectivity index (χ2v) is 28.8. The monoisotopic (exact) mass is 769 g/mol. The molecule has 0 bridgehead atoms. The van der Waals surface area contributed by atoms with Crippen LogP contribution in [0, 0.1) is 6.92 Å². The molecular weight excluding hydrogens is 700 g/mol. The van der Waals surface area contributed by atoms with Gasteiger partial charge < -0.3 is 18.4 Å². The molecule has 0 amide bonds. The van der Waals surface area contributed by atoms with Crippen LogP contribution in [0.2, 0.25) is 0 Å². The maximum atomic E-state index is 6.50. The summed E-state index contributed by atoms with van der Waals surface area (Å²) in [7, 11) is 8.22. The van der Waals surface area contributed by atoms with E-state index in [-0.39, 0.29) is 38.3 Å². The van der Waals surface area contributed by atoms with Crippen molar-refractivity contribution in [2.75, 3.05) is 0 Å². The summed E-state index contributed by atoms with van der Waals surface area (Å²) in [6.45, 7) is 43.3. The van der Waals surface area contributed by atoms with Crippen molar-refractivity contribution >= 4 is 34.9 Å². The second-order valence-electron chi connectivity index (χ2n) is 16.8. The summed E-state index contributed by atoms with van der Waals surface area (Å²) in [5, 5.41) is 1.58.